The Morgan fingerprint density at radius 2 is 2.08 bits per heavy atom. The van der Waals surface area contributed by atoms with Gasteiger partial charge >= 0.3 is 0 Å². The molecule has 1 nitrogen and oxygen atoms in total. The lowest BCUT2D eigenvalue weighted by Crippen LogP contribution is -2.49. The van der Waals surface area contributed by atoms with Gasteiger partial charge in [-0.25, -0.2) is 0 Å². The first-order valence-corrected chi connectivity index (χ1v) is 6.15. The predicted octanol–water partition coefficient (Wildman–Crippen LogP) is 2.78. The highest BCUT2D eigenvalue weighted by molar-refractivity contribution is 6.18. The Labute approximate surface area is 86.2 Å². The maximum absolute atomic E-state index is 5.92. The second-order valence-electron chi connectivity index (χ2n) is 4.85. The average molecular weight is 202 g/mol. The normalized spacial score (nSPS) is 45.7. The van der Waals surface area contributed by atoms with E-state index in [1.807, 2.05) is 0 Å². The van der Waals surface area contributed by atoms with Crippen LogP contribution in [0.15, 0.2) is 0 Å². The number of fused-ring (bicyclic) bond motifs is 1. The molecule has 0 radical (unpaired) electrons. The van der Waals surface area contributed by atoms with Crippen LogP contribution in [0.1, 0.15) is 39.0 Å². The van der Waals surface area contributed by atoms with Crippen LogP contribution in [0.25, 0.3) is 0 Å². The van der Waals surface area contributed by atoms with Gasteiger partial charge in [-0.15, -0.1) is 11.6 Å². The van der Waals surface area contributed by atoms with Crippen LogP contribution in [-0.2, 0) is 0 Å². The summed E-state index contributed by atoms with van der Waals surface area (Å²) in [5.41, 5.74) is 0. The molecule has 0 aromatic heterocycles. The molecule has 0 bridgehead atoms. The third-order valence-corrected chi connectivity index (χ3v) is 4.21. The summed E-state index contributed by atoms with van der Waals surface area (Å²) in [6.45, 7) is 2.31. The number of piperidine rings is 1. The Morgan fingerprint density at radius 1 is 1.23 bits per heavy atom. The lowest BCUT2D eigenvalue weighted by molar-refractivity contribution is 0.152. The summed E-state index contributed by atoms with van der Waals surface area (Å²) < 4.78 is 0. The van der Waals surface area contributed by atoms with Crippen LogP contribution in [0, 0.1) is 11.8 Å². The van der Waals surface area contributed by atoms with E-state index in [-0.39, 0.29) is 0 Å². The van der Waals surface area contributed by atoms with E-state index in [0.717, 1.165) is 29.8 Å². The highest BCUT2D eigenvalue weighted by Gasteiger charge is 2.33. The van der Waals surface area contributed by atoms with Crippen LogP contribution in [0.3, 0.4) is 0 Å². The van der Waals surface area contributed by atoms with Gasteiger partial charge < -0.3 is 5.32 Å². The summed E-state index contributed by atoms with van der Waals surface area (Å²) in [6, 6.07) is 1.55. The molecule has 1 aliphatic carbocycles. The largest absolute Gasteiger partial charge is 0.311 e. The number of hydrogen-bond donors (Lipinski definition) is 1. The van der Waals surface area contributed by atoms with E-state index in [9.17, 15) is 0 Å². The minimum Gasteiger partial charge on any atom is -0.311 e. The summed E-state index contributed by atoms with van der Waals surface area (Å²) in [4.78, 5) is 0. The van der Waals surface area contributed by atoms with E-state index in [1.165, 1.54) is 32.1 Å². The van der Waals surface area contributed by atoms with Crippen molar-refractivity contribution in [2.45, 2.75) is 51.1 Å². The molecular formula is C11H20ClN. The Balaban J connectivity index is 1.90. The zero-order chi connectivity index (χ0) is 9.26. The van der Waals surface area contributed by atoms with Gasteiger partial charge in [-0.2, -0.15) is 0 Å². The molecule has 1 saturated carbocycles. The summed E-state index contributed by atoms with van der Waals surface area (Å²) in [5, 5.41) is 3.72. The molecule has 1 saturated heterocycles. The third kappa shape index (κ3) is 2.19. The molecule has 1 N–H and O–H groups in total. The second-order valence-corrected chi connectivity index (χ2v) is 5.15. The van der Waals surface area contributed by atoms with Gasteiger partial charge in [-0.3, -0.25) is 0 Å². The van der Waals surface area contributed by atoms with E-state index in [1.54, 1.807) is 0 Å². The van der Waals surface area contributed by atoms with E-state index < -0.39 is 0 Å². The molecule has 0 aromatic rings. The topological polar surface area (TPSA) is 12.0 Å². The minimum absolute atomic E-state index is 0.744. The van der Waals surface area contributed by atoms with Crippen molar-refractivity contribution >= 4 is 11.6 Å². The van der Waals surface area contributed by atoms with E-state index >= 15 is 0 Å². The second kappa shape index (κ2) is 4.18. The van der Waals surface area contributed by atoms with Gasteiger partial charge in [0.15, 0.2) is 0 Å². The maximum atomic E-state index is 5.92. The van der Waals surface area contributed by atoms with Crippen LogP contribution < -0.4 is 5.32 Å². The van der Waals surface area contributed by atoms with Gasteiger partial charge in [0.05, 0.1) is 0 Å². The summed E-state index contributed by atoms with van der Waals surface area (Å²) in [5.74, 6) is 2.60. The molecule has 0 amide bonds. The predicted molar refractivity (Wildman–Crippen MR) is 57.2 cm³/mol. The van der Waals surface area contributed by atoms with Crippen LogP contribution in [0.2, 0.25) is 0 Å². The van der Waals surface area contributed by atoms with Crippen LogP contribution >= 0.6 is 11.6 Å². The fourth-order valence-corrected chi connectivity index (χ4v) is 3.23. The molecule has 2 fully saturated rings. The number of rotatable bonds is 1. The highest BCUT2D eigenvalue weighted by atomic mass is 35.5. The molecule has 4 atom stereocenters. The molecule has 4 unspecified atom stereocenters. The van der Waals surface area contributed by atoms with Gasteiger partial charge in [0.2, 0.25) is 0 Å². The van der Waals surface area contributed by atoms with Gasteiger partial charge in [0.25, 0.3) is 0 Å². The Bertz CT molecular complexity index is 171. The summed E-state index contributed by atoms with van der Waals surface area (Å²) >= 11 is 5.92. The number of alkyl halides is 1. The fraction of sp³-hybridized carbons (Fsp3) is 1.00. The van der Waals surface area contributed by atoms with Crippen molar-refractivity contribution in [3.8, 4) is 0 Å². The third-order valence-electron chi connectivity index (χ3n) is 3.78. The minimum atomic E-state index is 0.744. The summed E-state index contributed by atoms with van der Waals surface area (Å²) in [6.07, 6.45) is 6.84. The molecular weight excluding hydrogens is 182 g/mol. The first kappa shape index (κ1) is 9.79. The lowest BCUT2D eigenvalue weighted by Gasteiger charge is -2.42. The highest BCUT2D eigenvalue weighted by Crippen LogP contribution is 2.35. The van der Waals surface area contributed by atoms with Crippen molar-refractivity contribution in [2.24, 2.45) is 11.8 Å². The number of halogens is 1. The van der Waals surface area contributed by atoms with Crippen molar-refractivity contribution < 1.29 is 0 Å². The standard InChI is InChI=1S/C11H20ClN/c1-8-2-4-10-6-9(7-12)3-5-11(10)13-8/h8-11,13H,2-7H2,1H3. The van der Waals surface area contributed by atoms with Crippen molar-refractivity contribution in [3.63, 3.8) is 0 Å². The Kier molecular flexibility index (Phi) is 3.15. The molecule has 76 valence electrons. The molecule has 1 aliphatic heterocycles. The van der Waals surface area contributed by atoms with Crippen molar-refractivity contribution in [3.05, 3.63) is 0 Å². The van der Waals surface area contributed by atoms with Gasteiger partial charge in [0.1, 0.15) is 0 Å². The molecule has 1 heterocycles. The molecule has 0 aromatic carbocycles. The summed E-state index contributed by atoms with van der Waals surface area (Å²) in [7, 11) is 0. The Hall–Kier alpha value is 0.250. The monoisotopic (exact) mass is 201 g/mol. The molecule has 0 spiro atoms. The number of nitrogens with one attached hydrogen (secondary N) is 1. The first-order valence-electron chi connectivity index (χ1n) is 5.61. The SMILES string of the molecule is CC1CCC2CC(CCl)CCC2N1. The molecule has 2 heteroatoms. The van der Waals surface area contributed by atoms with Crippen molar-refractivity contribution in [2.75, 3.05) is 5.88 Å². The first-order chi connectivity index (χ1) is 6.29. The van der Waals surface area contributed by atoms with Gasteiger partial charge in [-0.05, 0) is 50.9 Å². The molecule has 13 heavy (non-hydrogen) atoms. The number of hydrogen-bond acceptors (Lipinski definition) is 1. The van der Waals surface area contributed by atoms with Crippen molar-refractivity contribution in [1.82, 2.24) is 5.32 Å². The van der Waals surface area contributed by atoms with E-state index in [0.29, 0.717) is 0 Å². The average Bonchev–Trinajstić information content (AvgIpc) is 2.17. The van der Waals surface area contributed by atoms with Crippen molar-refractivity contribution in [1.29, 1.82) is 0 Å². The van der Waals surface area contributed by atoms with Crippen LogP contribution in [0.4, 0.5) is 0 Å². The zero-order valence-corrected chi connectivity index (χ0v) is 9.19. The van der Waals surface area contributed by atoms with Crippen LogP contribution in [-0.4, -0.2) is 18.0 Å². The van der Waals surface area contributed by atoms with E-state index in [4.69, 9.17) is 11.6 Å². The van der Waals surface area contributed by atoms with Crippen LogP contribution in [0.5, 0.6) is 0 Å². The zero-order valence-electron chi connectivity index (χ0n) is 8.43. The van der Waals surface area contributed by atoms with E-state index in [2.05, 4.69) is 12.2 Å². The fourth-order valence-electron chi connectivity index (χ4n) is 2.95. The lowest BCUT2D eigenvalue weighted by atomic mass is 9.74. The Morgan fingerprint density at radius 3 is 2.85 bits per heavy atom. The maximum Gasteiger partial charge on any atom is 0.0251 e. The van der Waals surface area contributed by atoms with Gasteiger partial charge in [0, 0.05) is 18.0 Å². The quantitative estimate of drug-likeness (QED) is 0.644. The molecule has 2 rings (SSSR count). The smallest absolute Gasteiger partial charge is 0.0251 e. The van der Waals surface area contributed by atoms with Gasteiger partial charge in [-0.1, -0.05) is 0 Å². The molecule has 2 aliphatic rings.